The zero-order valence-electron chi connectivity index (χ0n) is 17.3. The molecular formula is C24H26N4O2. The lowest BCUT2D eigenvalue weighted by Gasteiger charge is -2.36. The lowest BCUT2D eigenvalue weighted by Crippen LogP contribution is -2.44. The molecule has 4 heterocycles. The molecule has 2 aliphatic heterocycles. The van der Waals surface area contributed by atoms with Crippen LogP contribution in [-0.2, 0) is 11.2 Å². The van der Waals surface area contributed by atoms with Crippen molar-refractivity contribution in [2.24, 2.45) is 5.92 Å². The van der Waals surface area contributed by atoms with Crippen molar-refractivity contribution in [3.63, 3.8) is 0 Å². The number of benzene rings is 1. The predicted molar refractivity (Wildman–Crippen MR) is 117 cm³/mol. The van der Waals surface area contributed by atoms with Crippen LogP contribution in [0, 0.1) is 12.8 Å². The third-order valence-corrected chi connectivity index (χ3v) is 6.21. The molecule has 6 heteroatoms. The third-order valence-electron chi connectivity index (χ3n) is 6.21. The van der Waals surface area contributed by atoms with E-state index in [1.165, 1.54) is 11.1 Å². The van der Waals surface area contributed by atoms with Crippen LogP contribution in [0.1, 0.15) is 30.4 Å². The number of anilines is 2. The van der Waals surface area contributed by atoms with E-state index in [-0.39, 0.29) is 11.8 Å². The highest BCUT2D eigenvalue weighted by Gasteiger charge is 2.31. The van der Waals surface area contributed by atoms with Crippen molar-refractivity contribution in [1.82, 2.24) is 10.2 Å². The van der Waals surface area contributed by atoms with Gasteiger partial charge in [0.1, 0.15) is 5.69 Å². The van der Waals surface area contributed by atoms with Gasteiger partial charge in [0, 0.05) is 31.2 Å². The van der Waals surface area contributed by atoms with Crippen LogP contribution in [0.5, 0.6) is 0 Å². The van der Waals surface area contributed by atoms with Crippen molar-refractivity contribution in [2.45, 2.75) is 32.6 Å². The summed E-state index contributed by atoms with van der Waals surface area (Å²) >= 11 is 0. The molecule has 0 radical (unpaired) electrons. The SMILES string of the molecule is Cc1ccc2c(c1)CCCN2C(=O)C1CCN(c2ccc(-c3ccco3)nn2)CC1. The monoisotopic (exact) mass is 402 g/mol. The van der Waals surface area contributed by atoms with Crippen molar-refractivity contribution in [1.29, 1.82) is 0 Å². The molecule has 2 aliphatic rings. The maximum absolute atomic E-state index is 13.3. The second-order valence-corrected chi connectivity index (χ2v) is 8.24. The maximum atomic E-state index is 13.3. The van der Waals surface area contributed by atoms with Gasteiger partial charge in [0.15, 0.2) is 11.6 Å². The van der Waals surface area contributed by atoms with Crippen molar-refractivity contribution >= 4 is 17.4 Å². The van der Waals surface area contributed by atoms with E-state index in [0.29, 0.717) is 0 Å². The van der Waals surface area contributed by atoms with Crippen molar-refractivity contribution < 1.29 is 9.21 Å². The minimum absolute atomic E-state index is 0.0730. The molecule has 2 aromatic heterocycles. The molecule has 0 spiro atoms. The van der Waals surface area contributed by atoms with Gasteiger partial charge in [-0.3, -0.25) is 4.79 Å². The fourth-order valence-corrected chi connectivity index (χ4v) is 4.58. The van der Waals surface area contributed by atoms with Gasteiger partial charge in [-0.1, -0.05) is 17.7 Å². The van der Waals surface area contributed by atoms with E-state index in [1.54, 1.807) is 6.26 Å². The van der Waals surface area contributed by atoms with Crippen LogP contribution >= 0.6 is 0 Å². The topological polar surface area (TPSA) is 62.5 Å². The summed E-state index contributed by atoms with van der Waals surface area (Å²) in [6.07, 6.45) is 5.43. The van der Waals surface area contributed by atoms with Crippen molar-refractivity contribution in [2.75, 3.05) is 29.4 Å². The lowest BCUT2D eigenvalue weighted by atomic mass is 9.92. The number of piperidine rings is 1. The Kier molecular flexibility index (Phi) is 4.99. The Balaban J connectivity index is 1.24. The van der Waals surface area contributed by atoms with E-state index in [2.05, 4.69) is 40.2 Å². The van der Waals surface area contributed by atoms with Crippen LogP contribution in [0.2, 0.25) is 0 Å². The average Bonchev–Trinajstić information content (AvgIpc) is 3.33. The molecule has 5 rings (SSSR count). The molecule has 1 aromatic carbocycles. The van der Waals surface area contributed by atoms with Gasteiger partial charge in [0.25, 0.3) is 0 Å². The summed E-state index contributed by atoms with van der Waals surface area (Å²) in [5.41, 5.74) is 4.40. The van der Waals surface area contributed by atoms with Crippen molar-refractivity contribution in [3.05, 3.63) is 59.9 Å². The molecule has 0 N–H and O–H groups in total. The Labute approximate surface area is 176 Å². The highest BCUT2D eigenvalue weighted by atomic mass is 16.3. The van der Waals surface area contributed by atoms with Gasteiger partial charge in [-0.25, -0.2) is 0 Å². The highest BCUT2D eigenvalue weighted by Crippen LogP contribution is 2.32. The smallest absolute Gasteiger partial charge is 0.230 e. The first-order valence-electron chi connectivity index (χ1n) is 10.7. The van der Waals surface area contributed by atoms with E-state index >= 15 is 0 Å². The van der Waals surface area contributed by atoms with Crippen LogP contribution in [0.4, 0.5) is 11.5 Å². The Morgan fingerprint density at radius 3 is 2.67 bits per heavy atom. The average molecular weight is 402 g/mol. The van der Waals surface area contributed by atoms with E-state index in [0.717, 1.165) is 68.3 Å². The summed E-state index contributed by atoms with van der Waals surface area (Å²) in [5.74, 6) is 1.92. The number of nitrogens with zero attached hydrogens (tertiary/aromatic N) is 4. The first-order valence-corrected chi connectivity index (χ1v) is 10.7. The number of carbonyl (C=O) groups is 1. The van der Waals surface area contributed by atoms with Crippen LogP contribution in [0.3, 0.4) is 0 Å². The van der Waals surface area contributed by atoms with E-state index in [9.17, 15) is 4.79 Å². The highest BCUT2D eigenvalue weighted by molar-refractivity contribution is 5.96. The Bertz CT molecular complexity index is 1020. The fourth-order valence-electron chi connectivity index (χ4n) is 4.58. The zero-order valence-corrected chi connectivity index (χ0v) is 17.3. The number of aryl methyl sites for hydroxylation is 2. The standard InChI is InChI=1S/C24H26N4O2/c1-17-6-8-21-19(16-17)4-2-12-28(21)24(29)18-10-13-27(14-11-18)23-9-7-20(25-26-23)22-5-3-15-30-22/h3,5-9,15-16,18H,2,4,10-14H2,1H3. The Morgan fingerprint density at radius 2 is 1.93 bits per heavy atom. The van der Waals surface area contributed by atoms with Gasteiger partial charge in [0.05, 0.1) is 6.26 Å². The molecule has 1 saturated heterocycles. The van der Waals surface area contributed by atoms with Gasteiger partial charge in [-0.15, -0.1) is 10.2 Å². The number of hydrogen-bond donors (Lipinski definition) is 0. The van der Waals surface area contributed by atoms with Crippen LogP contribution in [-0.4, -0.2) is 35.7 Å². The summed E-state index contributed by atoms with van der Waals surface area (Å²) in [5, 5.41) is 8.67. The third kappa shape index (κ3) is 3.58. The molecule has 0 bridgehead atoms. The molecule has 0 aliphatic carbocycles. The predicted octanol–water partition coefficient (Wildman–Crippen LogP) is 4.24. The summed E-state index contributed by atoms with van der Waals surface area (Å²) in [4.78, 5) is 17.5. The lowest BCUT2D eigenvalue weighted by molar-refractivity contribution is -0.123. The minimum atomic E-state index is 0.0730. The number of rotatable bonds is 3. The summed E-state index contributed by atoms with van der Waals surface area (Å²) < 4.78 is 5.38. The summed E-state index contributed by atoms with van der Waals surface area (Å²) in [6.45, 7) is 4.58. The molecule has 0 atom stereocenters. The molecular weight excluding hydrogens is 376 g/mol. The Morgan fingerprint density at radius 1 is 1.07 bits per heavy atom. The minimum Gasteiger partial charge on any atom is -0.463 e. The number of hydrogen-bond acceptors (Lipinski definition) is 5. The van der Waals surface area contributed by atoms with Gasteiger partial charge in [-0.05, 0) is 68.5 Å². The molecule has 3 aromatic rings. The summed E-state index contributed by atoms with van der Waals surface area (Å²) in [6, 6.07) is 14.1. The van der Waals surface area contributed by atoms with Gasteiger partial charge in [-0.2, -0.15) is 0 Å². The largest absolute Gasteiger partial charge is 0.463 e. The second kappa shape index (κ2) is 7.94. The van der Waals surface area contributed by atoms with E-state index < -0.39 is 0 Å². The summed E-state index contributed by atoms with van der Waals surface area (Å²) in [7, 11) is 0. The molecule has 30 heavy (non-hydrogen) atoms. The van der Waals surface area contributed by atoms with Gasteiger partial charge < -0.3 is 14.2 Å². The fraction of sp³-hybridized carbons (Fsp3) is 0.375. The van der Waals surface area contributed by atoms with E-state index in [4.69, 9.17) is 4.42 Å². The van der Waals surface area contributed by atoms with Gasteiger partial charge >= 0.3 is 0 Å². The van der Waals surface area contributed by atoms with Crippen LogP contribution in [0.25, 0.3) is 11.5 Å². The number of fused-ring (bicyclic) bond motifs is 1. The van der Waals surface area contributed by atoms with Crippen LogP contribution < -0.4 is 9.80 Å². The number of aromatic nitrogens is 2. The molecule has 6 nitrogen and oxygen atoms in total. The zero-order chi connectivity index (χ0) is 20.5. The second-order valence-electron chi connectivity index (χ2n) is 8.24. The van der Waals surface area contributed by atoms with E-state index in [1.807, 2.05) is 29.2 Å². The van der Waals surface area contributed by atoms with Gasteiger partial charge in [0.2, 0.25) is 5.91 Å². The normalized spacial score (nSPS) is 17.1. The molecule has 1 fully saturated rings. The van der Waals surface area contributed by atoms with Crippen LogP contribution in [0.15, 0.2) is 53.1 Å². The molecule has 0 saturated carbocycles. The first kappa shape index (κ1) is 18.9. The maximum Gasteiger partial charge on any atom is 0.230 e. The quantitative estimate of drug-likeness (QED) is 0.656. The molecule has 154 valence electrons. The number of amides is 1. The molecule has 0 unspecified atom stereocenters. The van der Waals surface area contributed by atoms with Crippen molar-refractivity contribution in [3.8, 4) is 11.5 Å². The number of carbonyl (C=O) groups excluding carboxylic acids is 1. The molecule has 1 amide bonds. The number of furan rings is 1. The Hall–Kier alpha value is -3.15. The first-order chi connectivity index (χ1) is 14.7.